The van der Waals surface area contributed by atoms with Crippen LogP contribution in [0.15, 0.2) is 18.2 Å². The Hall–Kier alpha value is -1.14. The van der Waals surface area contributed by atoms with E-state index in [-0.39, 0.29) is 0 Å². The van der Waals surface area contributed by atoms with Crippen molar-refractivity contribution in [3.8, 4) is 0 Å². The minimum Gasteiger partial charge on any atom is -0.383 e. The Morgan fingerprint density at radius 1 is 1.17 bits per heavy atom. The van der Waals surface area contributed by atoms with E-state index in [2.05, 4.69) is 5.32 Å². The van der Waals surface area contributed by atoms with E-state index in [0.29, 0.717) is 37.7 Å². The molecular formula is C12H15F4NO. The summed E-state index contributed by atoms with van der Waals surface area (Å²) in [5.74, 6) is -0.864. The number of ether oxygens (including phenoxy) is 1. The summed E-state index contributed by atoms with van der Waals surface area (Å²) in [7, 11) is 1.56. The summed E-state index contributed by atoms with van der Waals surface area (Å²) in [5, 5.41) is 2.98. The van der Waals surface area contributed by atoms with Crippen molar-refractivity contribution >= 4 is 0 Å². The van der Waals surface area contributed by atoms with Crippen LogP contribution in [0.3, 0.4) is 0 Å². The lowest BCUT2D eigenvalue weighted by Gasteiger charge is -2.10. The maximum absolute atomic E-state index is 13.0. The number of methoxy groups -OCH3 is 1. The molecule has 0 saturated heterocycles. The van der Waals surface area contributed by atoms with Crippen molar-refractivity contribution in [1.82, 2.24) is 5.32 Å². The topological polar surface area (TPSA) is 21.3 Å². The molecule has 2 nitrogen and oxygen atoms in total. The fourth-order valence-corrected chi connectivity index (χ4v) is 1.49. The van der Waals surface area contributed by atoms with Gasteiger partial charge in [-0.15, -0.1) is 0 Å². The van der Waals surface area contributed by atoms with Gasteiger partial charge >= 0.3 is 6.18 Å². The number of nitrogens with one attached hydrogen (secondary N) is 1. The molecule has 6 heteroatoms. The third-order valence-electron chi connectivity index (χ3n) is 2.36. The molecule has 1 rings (SSSR count). The third kappa shape index (κ3) is 5.01. The monoisotopic (exact) mass is 265 g/mol. The first-order chi connectivity index (χ1) is 8.43. The summed E-state index contributed by atoms with van der Waals surface area (Å²) in [5.41, 5.74) is -0.623. The summed E-state index contributed by atoms with van der Waals surface area (Å²) in [6.07, 6.45) is -4.18. The maximum Gasteiger partial charge on any atom is 0.416 e. The normalized spacial score (nSPS) is 11.8. The molecular weight excluding hydrogens is 250 g/mol. The highest BCUT2D eigenvalue weighted by molar-refractivity contribution is 5.27. The second-order valence-electron chi connectivity index (χ2n) is 3.84. The van der Waals surface area contributed by atoms with Gasteiger partial charge in [-0.05, 0) is 36.7 Å². The molecule has 0 bridgehead atoms. The number of rotatable bonds is 6. The van der Waals surface area contributed by atoms with Gasteiger partial charge in [-0.1, -0.05) is 0 Å². The molecule has 102 valence electrons. The largest absolute Gasteiger partial charge is 0.416 e. The van der Waals surface area contributed by atoms with Crippen LogP contribution < -0.4 is 5.32 Å². The van der Waals surface area contributed by atoms with Crippen LogP contribution in [-0.4, -0.2) is 26.8 Å². The van der Waals surface area contributed by atoms with E-state index in [4.69, 9.17) is 4.74 Å². The first-order valence-corrected chi connectivity index (χ1v) is 5.50. The van der Waals surface area contributed by atoms with Gasteiger partial charge < -0.3 is 10.1 Å². The highest BCUT2D eigenvalue weighted by atomic mass is 19.4. The van der Waals surface area contributed by atoms with Gasteiger partial charge in [0.05, 0.1) is 12.2 Å². The molecule has 18 heavy (non-hydrogen) atoms. The standard InChI is InChI=1S/C12H15F4NO/c1-18-5-4-17-3-2-9-6-10(12(14,15)16)8-11(13)7-9/h6-8,17H,2-5H2,1H3. The van der Waals surface area contributed by atoms with Crippen LogP contribution in [0.1, 0.15) is 11.1 Å². The Morgan fingerprint density at radius 3 is 2.50 bits per heavy atom. The van der Waals surface area contributed by atoms with E-state index >= 15 is 0 Å². The SMILES string of the molecule is COCCNCCc1cc(F)cc(C(F)(F)F)c1. The Labute approximate surface area is 103 Å². The van der Waals surface area contributed by atoms with E-state index in [0.717, 1.165) is 12.1 Å². The zero-order chi connectivity index (χ0) is 13.6. The molecule has 0 atom stereocenters. The molecule has 0 heterocycles. The van der Waals surface area contributed by atoms with Gasteiger partial charge in [0, 0.05) is 13.7 Å². The first kappa shape index (κ1) is 14.9. The average molecular weight is 265 g/mol. The second-order valence-corrected chi connectivity index (χ2v) is 3.84. The zero-order valence-corrected chi connectivity index (χ0v) is 9.98. The van der Waals surface area contributed by atoms with E-state index in [1.165, 1.54) is 0 Å². The second kappa shape index (κ2) is 6.70. The van der Waals surface area contributed by atoms with E-state index in [9.17, 15) is 17.6 Å². The van der Waals surface area contributed by atoms with Gasteiger partial charge in [-0.25, -0.2) is 4.39 Å². The molecule has 0 aliphatic rings. The van der Waals surface area contributed by atoms with Crippen LogP contribution in [-0.2, 0) is 17.3 Å². The molecule has 0 amide bonds. The van der Waals surface area contributed by atoms with Gasteiger partial charge in [0.25, 0.3) is 0 Å². The van der Waals surface area contributed by atoms with Crippen molar-refractivity contribution in [3.63, 3.8) is 0 Å². The smallest absolute Gasteiger partial charge is 0.383 e. The van der Waals surface area contributed by atoms with E-state index < -0.39 is 17.6 Å². The quantitative estimate of drug-likeness (QED) is 0.630. The molecule has 0 fully saturated rings. The Balaban J connectivity index is 2.58. The molecule has 0 aliphatic carbocycles. The third-order valence-corrected chi connectivity index (χ3v) is 2.36. The van der Waals surface area contributed by atoms with Crippen molar-refractivity contribution in [1.29, 1.82) is 0 Å². The van der Waals surface area contributed by atoms with Gasteiger partial charge in [0.1, 0.15) is 5.82 Å². The molecule has 1 N–H and O–H groups in total. The van der Waals surface area contributed by atoms with Crippen LogP contribution in [0.5, 0.6) is 0 Å². The summed E-state index contributed by atoms with van der Waals surface area (Å²) in [4.78, 5) is 0. The van der Waals surface area contributed by atoms with Crippen LogP contribution >= 0.6 is 0 Å². The van der Waals surface area contributed by atoms with E-state index in [1.807, 2.05) is 0 Å². The van der Waals surface area contributed by atoms with Crippen LogP contribution in [0.2, 0.25) is 0 Å². The number of alkyl halides is 3. The predicted octanol–water partition coefficient (Wildman–Crippen LogP) is 2.62. The van der Waals surface area contributed by atoms with Crippen LogP contribution in [0.25, 0.3) is 0 Å². The Kier molecular flexibility index (Phi) is 5.55. The fourth-order valence-electron chi connectivity index (χ4n) is 1.49. The molecule has 0 unspecified atom stereocenters. The molecule has 0 saturated carbocycles. The molecule has 0 aliphatic heterocycles. The lowest BCUT2D eigenvalue weighted by atomic mass is 10.1. The van der Waals surface area contributed by atoms with Crippen molar-refractivity contribution in [2.24, 2.45) is 0 Å². The summed E-state index contributed by atoms with van der Waals surface area (Å²) in [6.45, 7) is 1.61. The number of hydrogen-bond acceptors (Lipinski definition) is 2. The van der Waals surface area contributed by atoms with Crippen LogP contribution in [0, 0.1) is 5.82 Å². The van der Waals surface area contributed by atoms with E-state index in [1.54, 1.807) is 7.11 Å². The van der Waals surface area contributed by atoms with Crippen molar-refractivity contribution in [2.75, 3.05) is 26.8 Å². The zero-order valence-electron chi connectivity index (χ0n) is 9.98. The highest BCUT2D eigenvalue weighted by Gasteiger charge is 2.31. The lowest BCUT2D eigenvalue weighted by Crippen LogP contribution is -2.21. The lowest BCUT2D eigenvalue weighted by molar-refractivity contribution is -0.137. The van der Waals surface area contributed by atoms with Crippen LogP contribution in [0.4, 0.5) is 17.6 Å². The number of halogens is 4. The molecule has 0 spiro atoms. The molecule has 1 aromatic rings. The summed E-state index contributed by atoms with van der Waals surface area (Å²) in [6, 6.07) is 2.59. The number of hydrogen-bond donors (Lipinski definition) is 1. The van der Waals surface area contributed by atoms with Gasteiger partial charge in [0.2, 0.25) is 0 Å². The van der Waals surface area contributed by atoms with Gasteiger partial charge in [-0.3, -0.25) is 0 Å². The average Bonchev–Trinajstić information content (AvgIpc) is 2.27. The van der Waals surface area contributed by atoms with Crippen molar-refractivity contribution < 1.29 is 22.3 Å². The minimum atomic E-state index is -4.51. The summed E-state index contributed by atoms with van der Waals surface area (Å²) >= 11 is 0. The minimum absolute atomic E-state index is 0.326. The van der Waals surface area contributed by atoms with Gasteiger partial charge in [-0.2, -0.15) is 13.2 Å². The predicted molar refractivity (Wildman–Crippen MR) is 59.9 cm³/mol. The Morgan fingerprint density at radius 2 is 1.89 bits per heavy atom. The number of benzene rings is 1. The fraction of sp³-hybridized carbons (Fsp3) is 0.500. The highest BCUT2D eigenvalue weighted by Crippen LogP contribution is 2.30. The van der Waals surface area contributed by atoms with Crippen molar-refractivity contribution in [2.45, 2.75) is 12.6 Å². The van der Waals surface area contributed by atoms with Gasteiger partial charge in [0.15, 0.2) is 0 Å². The molecule has 0 aromatic heterocycles. The molecule has 1 aromatic carbocycles. The van der Waals surface area contributed by atoms with Crippen molar-refractivity contribution in [3.05, 3.63) is 35.1 Å². The first-order valence-electron chi connectivity index (χ1n) is 5.50. The Bertz CT molecular complexity index is 379. The maximum atomic E-state index is 13.0. The summed E-state index contributed by atoms with van der Waals surface area (Å²) < 4.78 is 55.2. The molecule has 0 radical (unpaired) electrons.